The summed E-state index contributed by atoms with van der Waals surface area (Å²) in [4.78, 5) is 2.20. The van der Waals surface area contributed by atoms with Crippen molar-refractivity contribution < 1.29 is 4.74 Å². The van der Waals surface area contributed by atoms with E-state index in [9.17, 15) is 0 Å². The molecule has 0 heterocycles. The van der Waals surface area contributed by atoms with Crippen LogP contribution in [0.25, 0.3) is 0 Å². The lowest BCUT2D eigenvalue weighted by atomic mass is 10.0. The molecule has 0 aliphatic carbocycles. The summed E-state index contributed by atoms with van der Waals surface area (Å²) in [6.45, 7) is 1.07. The summed E-state index contributed by atoms with van der Waals surface area (Å²) < 4.78 is 5.24. The van der Waals surface area contributed by atoms with Crippen LogP contribution in [0, 0.1) is 0 Å². The smallest absolute Gasteiger partial charge is 0.119 e. The molecule has 0 radical (unpaired) electrons. The van der Waals surface area contributed by atoms with E-state index in [0.717, 1.165) is 18.7 Å². The van der Waals surface area contributed by atoms with Crippen LogP contribution in [0.15, 0.2) is 24.3 Å². The van der Waals surface area contributed by atoms with Crippen LogP contribution in [-0.2, 0) is 0 Å². The van der Waals surface area contributed by atoms with Crippen LogP contribution in [0.5, 0.6) is 5.75 Å². The van der Waals surface area contributed by atoms with Crippen molar-refractivity contribution in [2.45, 2.75) is 12.5 Å². The molecule has 3 nitrogen and oxygen atoms in total. The Labute approximate surface area is 98.4 Å². The standard InChI is InChI=1S/C13H22N2O/c1-14-13(8-9-15(2)3)11-6-5-7-12(10-11)16-4/h5-7,10,13-14H,8-9H2,1-4H3. The van der Waals surface area contributed by atoms with Gasteiger partial charge in [0, 0.05) is 6.04 Å². The average molecular weight is 222 g/mol. The highest BCUT2D eigenvalue weighted by Gasteiger charge is 2.09. The van der Waals surface area contributed by atoms with Gasteiger partial charge in [-0.2, -0.15) is 0 Å². The molecular weight excluding hydrogens is 200 g/mol. The van der Waals surface area contributed by atoms with Gasteiger partial charge in [0.15, 0.2) is 0 Å². The first-order valence-corrected chi connectivity index (χ1v) is 5.63. The van der Waals surface area contributed by atoms with Crippen molar-refractivity contribution >= 4 is 0 Å². The van der Waals surface area contributed by atoms with Gasteiger partial charge in [0.2, 0.25) is 0 Å². The highest BCUT2D eigenvalue weighted by Crippen LogP contribution is 2.21. The highest BCUT2D eigenvalue weighted by atomic mass is 16.5. The molecule has 16 heavy (non-hydrogen) atoms. The minimum Gasteiger partial charge on any atom is -0.497 e. The predicted octanol–water partition coefficient (Wildman–Crippen LogP) is 1.91. The molecular formula is C13H22N2O. The predicted molar refractivity (Wildman–Crippen MR) is 68.0 cm³/mol. The van der Waals surface area contributed by atoms with Crippen molar-refractivity contribution in [3.8, 4) is 5.75 Å². The third-order valence-corrected chi connectivity index (χ3v) is 2.71. The molecule has 0 aliphatic rings. The van der Waals surface area contributed by atoms with E-state index in [1.54, 1.807) is 7.11 Å². The fraction of sp³-hybridized carbons (Fsp3) is 0.538. The van der Waals surface area contributed by atoms with Crippen LogP contribution < -0.4 is 10.1 Å². The van der Waals surface area contributed by atoms with Gasteiger partial charge in [-0.25, -0.2) is 0 Å². The maximum absolute atomic E-state index is 5.24. The summed E-state index contributed by atoms with van der Waals surface area (Å²) >= 11 is 0. The number of hydrogen-bond acceptors (Lipinski definition) is 3. The average Bonchev–Trinajstić information content (AvgIpc) is 2.30. The second-order valence-electron chi connectivity index (χ2n) is 4.21. The molecule has 0 saturated heterocycles. The molecule has 0 fully saturated rings. The van der Waals surface area contributed by atoms with E-state index in [1.165, 1.54) is 5.56 Å². The third-order valence-electron chi connectivity index (χ3n) is 2.71. The van der Waals surface area contributed by atoms with Gasteiger partial charge >= 0.3 is 0 Å². The molecule has 0 amide bonds. The van der Waals surface area contributed by atoms with Gasteiger partial charge in [0.05, 0.1) is 7.11 Å². The van der Waals surface area contributed by atoms with Crippen LogP contribution in [-0.4, -0.2) is 39.7 Å². The highest BCUT2D eigenvalue weighted by molar-refractivity contribution is 5.30. The molecule has 0 aliphatic heterocycles. The first-order chi connectivity index (χ1) is 7.67. The normalized spacial score (nSPS) is 12.8. The second kappa shape index (κ2) is 6.51. The van der Waals surface area contributed by atoms with Crippen LogP contribution in [0.3, 0.4) is 0 Å². The van der Waals surface area contributed by atoms with Gasteiger partial charge in [-0.05, 0) is 51.8 Å². The summed E-state index contributed by atoms with van der Waals surface area (Å²) in [5.74, 6) is 0.919. The van der Waals surface area contributed by atoms with E-state index >= 15 is 0 Å². The summed E-state index contributed by atoms with van der Waals surface area (Å²) in [6.07, 6.45) is 1.09. The number of methoxy groups -OCH3 is 1. The zero-order valence-corrected chi connectivity index (χ0v) is 10.7. The fourth-order valence-electron chi connectivity index (χ4n) is 1.72. The Balaban J connectivity index is 2.70. The van der Waals surface area contributed by atoms with Crippen LogP contribution in [0.1, 0.15) is 18.0 Å². The number of nitrogens with zero attached hydrogens (tertiary/aromatic N) is 1. The molecule has 1 unspecified atom stereocenters. The number of benzene rings is 1. The summed E-state index contributed by atoms with van der Waals surface area (Å²) in [5, 5.41) is 3.34. The first-order valence-electron chi connectivity index (χ1n) is 5.63. The van der Waals surface area contributed by atoms with Crippen molar-refractivity contribution in [2.24, 2.45) is 0 Å². The minimum absolute atomic E-state index is 0.387. The fourth-order valence-corrected chi connectivity index (χ4v) is 1.72. The monoisotopic (exact) mass is 222 g/mol. The molecule has 0 bridgehead atoms. The zero-order valence-electron chi connectivity index (χ0n) is 10.7. The minimum atomic E-state index is 0.387. The Kier molecular flexibility index (Phi) is 5.29. The van der Waals surface area contributed by atoms with Gasteiger partial charge in [0.25, 0.3) is 0 Å². The van der Waals surface area contributed by atoms with Crippen LogP contribution in [0.2, 0.25) is 0 Å². The Bertz CT molecular complexity index is 313. The van der Waals surface area contributed by atoms with E-state index < -0.39 is 0 Å². The lowest BCUT2D eigenvalue weighted by molar-refractivity contribution is 0.367. The van der Waals surface area contributed by atoms with Crippen LogP contribution in [0.4, 0.5) is 0 Å². The van der Waals surface area contributed by atoms with E-state index in [-0.39, 0.29) is 0 Å². The molecule has 1 atom stereocenters. The maximum atomic E-state index is 5.24. The van der Waals surface area contributed by atoms with Crippen molar-refractivity contribution in [1.82, 2.24) is 10.2 Å². The maximum Gasteiger partial charge on any atom is 0.119 e. The first kappa shape index (κ1) is 13.0. The van der Waals surface area contributed by atoms with Crippen molar-refractivity contribution in [3.05, 3.63) is 29.8 Å². The largest absolute Gasteiger partial charge is 0.497 e. The van der Waals surface area contributed by atoms with Gasteiger partial charge in [-0.15, -0.1) is 0 Å². The van der Waals surface area contributed by atoms with Gasteiger partial charge in [-0.3, -0.25) is 0 Å². The summed E-state index contributed by atoms with van der Waals surface area (Å²) in [5.41, 5.74) is 1.28. The topological polar surface area (TPSA) is 24.5 Å². The number of hydrogen-bond donors (Lipinski definition) is 1. The number of rotatable bonds is 6. The molecule has 0 saturated carbocycles. The second-order valence-corrected chi connectivity index (χ2v) is 4.21. The summed E-state index contributed by atoms with van der Waals surface area (Å²) in [6, 6.07) is 8.63. The number of ether oxygens (including phenoxy) is 1. The Morgan fingerprint density at radius 2 is 2.12 bits per heavy atom. The van der Waals surface area contributed by atoms with Gasteiger partial charge in [-0.1, -0.05) is 12.1 Å². The molecule has 0 spiro atoms. The number of nitrogens with one attached hydrogen (secondary N) is 1. The van der Waals surface area contributed by atoms with Gasteiger partial charge in [0.1, 0.15) is 5.75 Å². The zero-order chi connectivity index (χ0) is 12.0. The molecule has 3 heteroatoms. The van der Waals surface area contributed by atoms with Gasteiger partial charge < -0.3 is 15.0 Å². The lowest BCUT2D eigenvalue weighted by Crippen LogP contribution is -2.22. The third kappa shape index (κ3) is 3.83. The summed E-state index contributed by atoms with van der Waals surface area (Å²) in [7, 11) is 7.89. The molecule has 1 aromatic carbocycles. The van der Waals surface area contributed by atoms with E-state index in [1.807, 2.05) is 19.2 Å². The molecule has 1 N–H and O–H groups in total. The van der Waals surface area contributed by atoms with Crippen LogP contribution >= 0.6 is 0 Å². The Morgan fingerprint density at radius 3 is 2.69 bits per heavy atom. The Morgan fingerprint density at radius 1 is 1.38 bits per heavy atom. The Hall–Kier alpha value is -1.06. The molecule has 0 aromatic heterocycles. The van der Waals surface area contributed by atoms with E-state index in [4.69, 9.17) is 4.74 Å². The van der Waals surface area contributed by atoms with E-state index in [0.29, 0.717) is 6.04 Å². The van der Waals surface area contributed by atoms with E-state index in [2.05, 4.69) is 36.4 Å². The van der Waals surface area contributed by atoms with Crippen molar-refractivity contribution in [1.29, 1.82) is 0 Å². The quantitative estimate of drug-likeness (QED) is 0.795. The molecule has 1 rings (SSSR count). The molecule has 90 valence electrons. The molecule has 1 aromatic rings. The van der Waals surface area contributed by atoms with Crippen molar-refractivity contribution in [2.75, 3.05) is 34.8 Å². The lowest BCUT2D eigenvalue weighted by Gasteiger charge is -2.19. The van der Waals surface area contributed by atoms with Crippen molar-refractivity contribution in [3.63, 3.8) is 0 Å². The SMILES string of the molecule is CNC(CCN(C)C)c1cccc(OC)c1.